The Bertz CT molecular complexity index is 886. The second-order valence-corrected chi connectivity index (χ2v) is 7.72. The largest absolute Gasteiger partial charge is 0.378 e. The minimum atomic E-state index is 0.0341. The Morgan fingerprint density at radius 3 is 2.86 bits per heavy atom. The average molecular weight is 399 g/mol. The normalized spacial score (nSPS) is 17.4. The number of fused-ring (bicyclic) bond motifs is 1. The van der Waals surface area contributed by atoms with Gasteiger partial charge in [0.15, 0.2) is 0 Å². The highest BCUT2D eigenvalue weighted by Gasteiger charge is 2.21. The predicted octanol–water partition coefficient (Wildman–Crippen LogP) is 2.70. The lowest BCUT2D eigenvalue weighted by Crippen LogP contribution is -2.37. The molecule has 8 heteroatoms. The maximum Gasteiger partial charge on any atom is 0.263 e. The van der Waals surface area contributed by atoms with Crippen molar-refractivity contribution >= 4 is 22.8 Å². The molecule has 1 aliphatic heterocycles. The van der Waals surface area contributed by atoms with Crippen LogP contribution in [-0.2, 0) is 16.0 Å². The predicted molar refractivity (Wildman–Crippen MR) is 110 cm³/mol. The van der Waals surface area contributed by atoms with Gasteiger partial charge in [0.25, 0.3) is 5.71 Å². The zero-order valence-electron chi connectivity index (χ0n) is 17.1. The number of hydrogen-bond donors (Lipinski definition) is 1. The van der Waals surface area contributed by atoms with E-state index in [9.17, 15) is 4.79 Å². The second kappa shape index (κ2) is 9.35. The number of nitrogens with zero attached hydrogens (tertiary/aromatic N) is 4. The molecular weight excluding hydrogens is 370 g/mol. The number of carbonyl (C=O) groups is 1. The van der Waals surface area contributed by atoms with Gasteiger partial charge in [0.05, 0.1) is 18.9 Å². The van der Waals surface area contributed by atoms with Crippen molar-refractivity contribution in [2.24, 2.45) is 0 Å². The van der Waals surface area contributed by atoms with E-state index in [4.69, 9.17) is 14.2 Å². The summed E-state index contributed by atoms with van der Waals surface area (Å²) in [7, 11) is 0. The minimum absolute atomic E-state index is 0.0341. The highest BCUT2D eigenvalue weighted by atomic mass is 16.5. The number of rotatable bonds is 7. The quantitative estimate of drug-likeness (QED) is 0.716. The van der Waals surface area contributed by atoms with Crippen molar-refractivity contribution < 1.29 is 14.1 Å². The average Bonchev–Trinajstić information content (AvgIpc) is 3.14. The molecule has 2 aliphatic rings. The number of hydrogen-bond acceptors (Lipinski definition) is 7. The first-order valence-electron chi connectivity index (χ1n) is 10.6. The van der Waals surface area contributed by atoms with Gasteiger partial charge >= 0.3 is 0 Å². The van der Waals surface area contributed by atoms with E-state index in [-0.39, 0.29) is 5.91 Å². The van der Waals surface area contributed by atoms with E-state index in [2.05, 4.69) is 26.4 Å². The van der Waals surface area contributed by atoms with Crippen molar-refractivity contribution in [1.82, 2.24) is 20.4 Å². The number of nitrogens with one attached hydrogen (secondary N) is 1. The van der Waals surface area contributed by atoms with Gasteiger partial charge in [-0.05, 0) is 39.0 Å². The smallest absolute Gasteiger partial charge is 0.263 e. The van der Waals surface area contributed by atoms with Gasteiger partial charge < -0.3 is 19.5 Å². The summed E-state index contributed by atoms with van der Waals surface area (Å²) >= 11 is 0. The summed E-state index contributed by atoms with van der Waals surface area (Å²) < 4.78 is 10.8. The summed E-state index contributed by atoms with van der Waals surface area (Å²) in [5.41, 5.74) is 2.74. The Morgan fingerprint density at radius 1 is 1.21 bits per heavy atom. The Hall–Kier alpha value is -2.48. The third-order valence-corrected chi connectivity index (χ3v) is 5.57. The maximum atomic E-state index is 12.3. The third-order valence-electron chi connectivity index (χ3n) is 5.57. The molecule has 29 heavy (non-hydrogen) atoms. The van der Waals surface area contributed by atoms with Crippen LogP contribution in [0, 0.1) is 6.92 Å². The van der Waals surface area contributed by atoms with Crippen LogP contribution in [0.3, 0.4) is 0 Å². The van der Waals surface area contributed by atoms with Gasteiger partial charge in [-0.3, -0.25) is 4.79 Å². The fraction of sp³-hybridized carbons (Fsp3) is 0.619. The highest BCUT2D eigenvalue weighted by Crippen LogP contribution is 2.27. The number of morpholine rings is 1. The zero-order chi connectivity index (χ0) is 20.1. The summed E-state index contributed by atoms with van der Waals surface area (Å²) in [5.74, 6) is 1.48. The van der Waals surface area contributed by atoms with Gasteiger partial charge in [-0.1, -0.05) is 16.8 Å². The first kappa shape index (κ1) is 19.8. The highest BCUT2D eigenvalue weighted by molar-refractivity contribution is 5.88. The number of aryl methyl sites for hydroxylation is 2. The van der Waals surface area contributed by atoms with Crippen LogP contribution in [-0.4, -0.2) is 53.9 Å². The third kappa shape index (κ3) is 4.93. The van der Waals surface area contributed by atoms with Crippen molar-refractivity contribution in [3.8, 4) is 0 Å². The first-order chi connectivity index (χ1) is 14.2. The number of amides is 1. The van der Waals surface area contributed by atoms with E-state index in [1.54, 1.807) is 0 Å². The number of ether oxygens (including phenoxy) is 1. The number of aromatic nitrogens is 3. The molecule has 0 spiro atoms. The molecule has 0 aromatic carbocycles. The van der Waals surface area contributed by atoms with Crippen LogP contribution in [0.15, 0.2) is 16.2 Å². The molecule has 0 bridgehead atoms. The molecule has 0 saturated carbocycles. The monoisotopic (exact) mass is 399 g/mol. The summed E-state index contributed by atoms with van der Waals surface area (Å²) in [6.07, 6.45) is 9.02. The molecule has 0 radical (unpaired) electrons. The van der Waals surface area contributed by atoms with Crippen LogP contribution < -0.4 is 10.2 Å². The van der Waals surface area contributed by atoms with Crippen molar-refractivity contribution in [1.29, 1.82) is 0 Å². The van der Waals surface area contributed by atoms with Gasteiger partial charge in [0.1, 0.15) is 17.0 Å². The molecule has 0 unspecified atom stereocenters. The van der Waals surface area contributed by atoms with Crippen LogP contribution in [0.25, 0.3) is 11.1 Å². The Balaban J connectivity index is 1.37. The summed E-state index contributed by atoms with van der Waals surface area (Å²) in [4.78, 5) is 23.7. The van der Waals surface area contributed by atoms with Gasteiger partial charge in [0.2, 0.25) is 5.91 Å². The van der Waals surface area contributed by atoms with E-state index in [0.717, 1.165) is 36.4 Å². The number of anilines is 1. The molecule has 3 heterocycles. The second-order valence-electron chi connectivity index (χ2n) is 7.72. The lowest BCUT2D eigenvalue weighted by molar-refractivity contribution is -0.121. The van der Waals surface area contributed by atoms with Crippen molar-refractivity contribution in [2.75, 3.05) is 37.7 Å². The van der Waals surface area contributed by atoms with Crippen LogP contribution in [0.1, 0.15) is 50.0 Å². The van der Waals surface area contributed by atoms with Gasteiger partial charge in [-0.25, -0.2) is 4.98 Å². The Labute approximate surface area is 170 Å². The molecule has 156 valence electrons. The zero-order valence-corrected chi connectivity index (χ0v) is 17.1. The molecular formula is C21H29N5O3. The minimum Gasteiger partial charge on any atom is -0.378 e. The topological polar surface area (TPSA) is 93.4 Å². The Morgan fingerprint density at radius 2 is 2.07 bits per heavy atom. The van der Waals surface area contributed by atoms with Crippen LogP contribution in [0.5, 0.6) is 0 Å². The van der Waals surface area contributed by atoms with Gasteiger partial charge in [-0.15, -0.1) is 0 Å². The summed E-state index contributed by atoms with van der Waals surface area (Å²) in [6.45, 7) is 5.48. The number of carbonyl (C=O) groups excluding carboxylic acids is 1. The van der Waals surface area contributed by atoms with Gasteiger partial charge in [0, 0.05) is 32.5 Å². The fourth-order valence-corrected chi connectivity index (χ4v) is 3.94. The lowest BCUT2D eigenvalue weighted by atomic mass is 9.97. The molecule has 1 saturated heterocycles. The van der Waals surface area contributed by atoms with Crippen LogP contribution >= 0.6 is 0 Å². The van der Waals surface area contributed by atoms with E-state index >= 15 is 0 Å². The summed E-state index contributed by atoms with van der Waals surface area (Å²) in [5, 5.41) is 7.92. The number of allylic oxidation sites excluding steroid dienone is 1. The van der Waals surface area contributed by atoms with Crippen molar-refractivity contribution in [3.63, 3.8) is 0 Å². The molecule has 1 amide bonds. The first-order valence-corrected chi connectivity index (χ1v) is 10.6. The van der Waals surface area contributed by atoms with Crippen LogP contribution in [0.4, 0.5) is 5.82 Å². The standard InChI is InChI=1S/C21H29N5O3/c1-15-19-20(26-11-13-28-14-12-26)23-17(24-21(19)29-25-15)7-8-18(27)22-10-9-16-5-3-2-4-6-16/h5H,2-4,6-14H2,1H3,(H,22,27). The molecule has 4 rings (SSSR count). The van der Waals surface area contributed by atoms with Gasteiger partial charge in [-0.2, -0.15) is 4.98 Å². The van der Waals surface area contributed by atoms with E-state index < -0.39 is 0 Å². The van der Waals surface area contributed by atoms with E-state index in [1.165, 1.54) is 31.3 Å². The van der Waals surface area contributed by atoms with Crippen molar-refractivity contribution in [3.05, 3.63) is 23.2 Å². The molecule has 2 aromatic heterocycles. The Kier molecular flexibility index (Phi) is 6.39. The molecule has 1 fully saturated rings. The molecule has 2 aromatic rings. The van der Waals surface area contributed by atoms with Crippen LogP contribution in [0.2, 0.25) is 0 Å². The molecule has 0 atom stereocenters. The fourth-order valence-electron chi connectivity index (χ4n) is 3.94. The lowest BCUT2D eigenvalue weighted by Gasteiger charge is -2.28. The molecule has 8 nitrogen and oxygen atoms in total. The molecule has 1 aliphatic carbocycles. The SMILES string of the molecule is Cc1noc2nc(CCC(=O)NCCC3=CCCCC3)nc(N3CCOCC3)c12. The maximum absolute atomic E-state index is 12.3. The molecule has 1 N–H and O–H groups in total. The van der Waals surface area contributed by atoms with E-state index in [1.807, 2.05) is 6.92 Å². The summed E-state index contributed by atoms with van der Waals surface area (Å²) in [6, 6.07) is 0. The van der Waals surface area contributed by atoms with E-state index in [0.29, 0.717) is 44.1 Å². The van der Waals surface area contributed by atoms with Crippen molar-refractivity contribution in [2.45, 2.75) is 51.9 Å².